The van der Waals surface area contributed by atoms with E-state index < -0.39 is 0 Å². The van der Waals surface area contributed by atoms with Crippen molar-refractivity contribution in [2.24, 2.45) is 11.8 Å². The van der Waals surface area contributed by atoms with Crippen molar-refractivity contribution < 1.29 is 14.4 Å². The molecule has 0 radical (unpaired) electrons. The second-order valence-corrected chi connectivity index (χ2v) is 5.58. The maximum Gasteiger partial charge on any atom is 0.237 e. The summed E-state index contributed by atoms with van der Waals surface area (Å²) in [5.74, 6) is 4.85. The summed E-state index contributed by atoms with van der Waals surface area (Å²) in [6, 6.07) is 0. The smallest absolute Gasteiger partial charge is 0.237 e. The van der Waals surface area contributed by atoms with E-state index in [4.69, 9.17) is 5.84 Å². The van der Waals surface area contributed by atoms with Gasteiger partial charge >= 0.3 is 0 Å². The number of carbonyl (C=O) groups excluding carboxylic acids is 3. The topological polar surface area (TPSA) is 108 Å². The van der Waals surface area contributed by atoms with Crippen LogP contribution in [0.15, 0.2) is 0 Å². The molecular weight excluding hydrogens is 274 g/mol. The first kappa shape index (κ1) is 15.7. The van der Waals surface area contributed by atoms with Gasteiger partial charge in [-0.3, -0.25) is 24.7 Å². The molecule has 3 amide bonds. The molecule has 0 atom stereocenters. The van der Waals surface area contributed by atoms with Crippen molar-refractivity contribution >= 4 is 17.7 Å². The first-order valence-electron chi connectivity index (χ1n) is 7.37. The number of hydrogen-bond acceptors (Lipinski definition) is 5. The van der Waals surface area contributed by atoms with Crippen LogP contribution in [0.5, 0.6) is 0 Å². The number of nitrogens with one attached hydrogen (secondary N) is 2. The van der Waals surface area contributed by atoms with Crippen LogP contribution in [0, 0.1) is 5.92 Å². The molecule has 0 spiro atoms. The van der Waals surface area contributed by atoms with Crippen LogP contribution in [0.2, 0.25) is 0 Å². The molecule has 0 aromatic heterocycles. The molecule has 4 N–H and O–H groups in total. The molecular formula is C13H23N5O3. The number of likely N-dealkylation sites (tertiary alicyclic amines) is 1. The number of amides is 3. The second kappa shape index (κ2) is 7.37. The Morgan fingerprint density at radius 1 is 1.29 bits per heavy atom. The minimum atomic E-state index is -0.161. The van der Waals surface area contributed by atoms with Crippen LogP contribution in [0.4, 0.5) is 0 Å². The zero-order valence-corrected chi connectivity index (χ0v) is 12.1. The van der Waals surface area contributed by atoms with Gasteiger partial charge in [0.05, 0.1) is 13.1 Å². The Morgan fingerprint density at radius 3 is 2.67 bits per heavy atom. The average molecular weight is 297 g/mol. The van der Waals surface area contributed by atoms with E-state index >= 15 is 0 Å². The summed E-state index contributed by atoms with van der Waals surface area (Å²) in [6.07, 6.45) is 2.13. The monoisotopic (exact) mass is 297 g/mol. The van der Waals surface area contributed by atoms with E-state index in [1.165, 1.54) is 0 Å². The lowest BCUT2D eigenvalue weighted by Gasteiger charge is -2.32. The van der Waals surface area contributed by atoms with E-state index in [0.29, 0.717) is 32.5 Å². The van der Waals surface area contributed by atoms with Crippen molar-refractivity contribution in [2.45, 2.75) is 19.3 Å². The summed E-state index contributed by atoms with van der Waals surface area (Å²) in [5, 5.41) is 2.79. The van der Waals surface area contributed by atoms with E-state index in [-0.39, 0.29) is 36.7 Å². The summed E-state index contributed by atoms with van der Waals surface area (Å²) in [5.41, 5.74) is 2.16. The van der Waals surface area contributed by atoms with Crippen molar-refractivity contribution in [1.29, 1.82) is 0 Å². The lowest BCUT2D eigenvalue weighted by atomic mass is 9.96. The van der Waals surface area contributed by atoms with Crippen LogP contribution in [0.1, 0.15) is 19.3 Å². The Balaban J connectivity index is 1.79. The first-order chi connectivity index (χ1) is 10.1. The van der Waals surface area contributed by atoms with Crippen LogP contribution in [0.25, 0.3) is 0 Å². The zero-order valence-electron chi connectivity index (χ0n) is 12.1. The number of nitrogens with two attached hydrogens (primary N) is 1. The summed E-state index contributed by atoms with van der Waals surface area (Å²) in [7, 11) is 0. The number of hydrazine groups is 1. The number of carbonyl (C=O) groups is 3. The number of hydrogen-bond donors (Lipinski definition) is 3. The predicted molar refractivity (Wildman–Crippen MR) is 75.7 cm³/mol. The normalized spacial score (nSPS) is 21.6. The van der Waals surface area contributed by atoms with E-state index in [2.05, 4.69) is 10.7 Å². The zero-order chi connectivity index (χ0) is 15.2. The second-order valence-electron chi connectivity index (χ2n) is 5.58. The molecule has 2 rings (SSSR count). The molecule has 2 aliphatic rings. The highest BCUT2D eigenvalue weighted by Crippen LogP contribution is 2.17. The SMILES string of the molecule is NNC(=O)C1CCN(C(=O)CN2CCCNC(=O)C2)CC1. The third kappa shape index (κ3) is 4.40. The summed E-state index contributed by atoms with van der Waals surface area (Å²) in [4.78, 5) is 38.8. The van der Waals surface area contributed by atoms with Crippen molar-refractivity contribution in [3.63, 3.8) is 0 Å². The van der Waals surface area contributed by atoms with Crippen LogP contribution >= 0.6 is 0 Å². The fraction of sp³-hybridized carbons (Fsp3) is 0.769. The molecule has 2 heterocycles. The van der Waals surface area contributed by atoms with Crippen molar-refractivity contribution in [1.82, 2.24) is 20.5 Å². The Morgan fingerprint density at radius 2 is 2.00 bits per heavy atom. The predicted octanol–water partition coefficient (Wildman–Crippen LogP) is -1.96. The molecule has 0 aromatic rings. The molecule has 2 saturated heterocycles. The molecule has 0 saturated carbocycles. The fourth-order valence-electron chi connectivity index (χ4n) is 2.80. The standard InChI is InChI=1S/C13H23N5O3/c14-16-13(21)10-2-6-18(7-3-10)12(20)9-17-5-1-4-15-11(19)8-17/h10H,1-9,14H2,(H,15,19)(H,16,21). The van der Waals surface area contributed by atoms with E-state index in [1.54, 1.807) is 4.90 Å². The molecule has 8 nitrogen and oxygen atoms in total. The molecule has 2 aliphatic heterocycles. The van der Waals surface area contributed by atoms with Crippen molar-refractivity contribution in [3.05, 3.63) is 0 Å². The van der Waals surface area contributed by atoms with Gasteiger partial charge in [0.15, 0.2) is 0 Å². The number of rotatable bonds is 3. The molecule has 8 heteroatoms. The van der Waals surface area contributed by atoms with Gasteiger partial charge in [0.2, 0.25) is 17.7 Å². The van der Waals surface area contributed by atoms with E-state index in [0.717, 1.165) is 13.0 Å². The van der Waals surface area contributed by atoms with Crippen LogP contribution < -0.4 is 16.6 Å². The average Bonchev–Trinajstić information content (AvgIpc) is 2.70. The Bertz CT molecular complexity index is 407. The van der Waals surface area contributed by atoms with Crippen LogP contribution in [-0.4, -0.2) is 66.8 Å². The van der Waals surface area contributed by atoms with Gasteiger partial charge < -0.3 is 10.2 Å². The fourth-order valence-corrected chi connectivity index (χ4v) is 2.80. The quantitative estimate of drug-likeness (QED) is 0.318. The number of nitrogens with zero attached hydrogens (tertiary/aromatic N) is 2. The largest absolute Gasteiger partial charge is 0.355 e. The third-order valence-electron chi connectivity index (χ3n) is 4.06. The van der Waals surface area contributed by atoms with Crippen molar-refractivity contribution in [3.8, 4) is 0 Å². The highest BCUT2D eigenvalue weighted by atomic mass is 16.2. The Labute approximate surface area is 124 Å². The molecule has 0 unspecified atom stereocenters. The highest BCUT2D eigenvalue weighted by Gasteiger charge is 2.28. The molecule has 2 fully saturated rings. The van der Waals surface area contributed by atoms with Gasteiger partial charge in [0.25, 0.3) is 0 Å². The molecule has 0 aliphatic carbocycles. The maximum atomic E-state index is 12.3. The van der Waals surface area contributed by atoms with Gasteiger partial charge in [0, 0.05) is 32.1 Å². The Kier molecular flexibility index (Phi) is 5.51. The molecule has 0 bridgehead atoms. The van der Waals surface area contributed by atoms with Gasteiger partial charge in [-0.25, -0.2) is 5.84 Å². The van der Waals surface area contributed by atoms with Crippen molar-refractivity contribution in [2.75, 3.05) is 39.3 Å². The van der Waals surface area contributed by atoms with Gasteiger partial charge in [-0.1, -0.05) is 0 Å². The molecule has 0 aromatic carbocycles. The number of piperidine rings is 1. The lowest BCUT2D eigenvalue weighted by Crippen LogP contribution is -2.48. The Hall–Kier alpha value is -1.67. The lowest BCUT2D eigenvalue weighted by molar-refractivity contribution is -0.137. The van der Waals surface area contributed by atoms with E-state index in [1.807, 2.05) is 4.90 Å². The van der Waals surface area contributed by atoms with Gasteiger partial charge in [0.1, 0.15) is 0 Å². The first-order valence-corrected chi connectivity index (χ1v) is 7.37. The summed E-state index contributed by atoms with van der Waals surface area (Å²) >= 11 is 0. The molecule has 118 valence electrons. The summed E-state index contributed by atoms with van der Waals surface area (Å²) < 4.78 is 0. The van der Waals surface area contributed by atoms with Gasteiger partial charge in [-0.05, 0) is 19.3 Å². The van der Waals surface area contributed by atoms with Crippen LogP contribution in [-0.2, 0) is 14.4 Å². The highest BCUT2D eigenvalue weighted by molar-refractivity contribution is 5.82. The summed E-state index contributed by atoms with van der Waals surface area (Å²) in [6.45, 7) is 3.09. The minimum absolute atomic E-state index is 0.0244. The maximum absolute atomic E-state index is 12.3. The van der Waals surface area contributed by atoms with Gasteiger partial charge in [-0.2, -0.15) is 0 Å². The molecule has 21 heavy (non-hydrogen) atoms. The van der Waals surface area contributed by atoms with Gasteiger partial charge in [-0.15, -0.1) is 0 Å². The minimum Gasteiger partial charge on any atom is -0.355 e. The third-order valence-corrected chi connectivity index (χ3v) is 4.06. The van der Waals surface area contributed by atoms with Crippen LogP contribution in [0.3, 0.4) is 0 Å². The van der Waals surface area contributed by atoms with E-state index in [9.17, 15) is 14.4 Å².